The van der Waals surface area contributed by atoms with Crippen molar-refractivity contribution in [1.29, 1.82) is 0 Å². The molecule has 0 saturated carbocycles. The quantitative estimate of drug-likeness (QED) is 0.634. The average molecular weight is 223 g/mol. The van der Waals surface area contributed by atoms with Crippen molar-refractivity contribution in [3.63, 3.8) is 0 Å². The van der Waals surface area contributed by atoms with Crippen molar-refractivity contribution in [2.45, 2.75) is 53.4 Å². The van der Waals surface area contributed by atoms with Gasteiger partial charge in [0.1, 0.15) is 0 Å². The molecule has 1 heteroatoms. The van der Waals surface area contributed by atoms with E-state index in [0.717, 1.165) is 5.92 Å². The maximum absolute atomic E-state index is 2.65. The Balaban J connectivity index is 2.22. The highest BCUT2D eigenvalue weighted by Crippen LogP contribution is 2.27. The first-order valence-corrected chi connectivity index (χ1v) is 6.87. The molecule has 1 rings (SSSR count). The zero-order valence-corrected chi connectivity index (χ0v) is 11.6. The predicted molar refractivity (Wildman–Crippen MR) is 72.7 cm³/mol. The minimum atomic E-state index is 0.468. The van der Waals surface area contributed by atoms with Crippen LogP contribution >= 0.6 is 0 Å². The third-order valence-electron chi connectivity index (χ3n) is 3.89. The molecule has 16 heavy (non-hydrogen) atoms. The Morgan fingerprint density at radius 3 is 2.44 bits per heavy atom. The fourth-order valence-corrected chi connectivity index (χ4v) is 2.29. The highest BCUT2D eigenvalue weighted by atomic mass is 15.1. The third-order valence-corrected chi connectivity index (χ3v) is 3.89. The standard InChI is InChI=1S/C15H29N/c1-5-6-9-15(3,4)10-13-16-11-7-14(2)8-12-16/h5-6,14H,7-13H2,1-4H3/b6-5+. The lowest BCUT2D eigenvalue weighted by Crippen LogP contribution is -2.35. The van der Waals surface area contributed by atoms with Gasteiger partial charge in [0, 0.05) is 0 Å². The van der Waals surface area contributed by atoms with E-state index in [9.17, 15) is 0 Å². The Kier molecular flexibility index (Phi) is 5.54. The summed E-state index contributed by atoms with van der Waals surface area (Å²) in [5.74, 6) is 0.951. The van der Waals surface area contributed by atoms with Crippen LogP contribution in [0.4, 0.5) is 0 Å². The monoisotopic (exact) mass is 223 g/mol. The van der Waals surface area contributed by atoms with Gasteiger partial charge in [0.2, 0.25) is 0 Å². The summed E-state index contributed by atoms with van der Waals surface area (Å²) in [6.45, 7) is 13.2. The number of piperidine rings is 1. The number of hydrogen-bond acceptors (Lipinski definition) is 1. The first-order chi connectivity index (χ1) is 7.53. The first kappa shape index (κ1) is 13.8. The van der Waals surface area contributed by atoms with Crippen molar-refractivity contribution >= 4 is 0 Å². The molecular weight excluding hydrogens is 194 g/mol. The van der Waals surface area contributed by atoms with Crippen LogP contribution in [0.2, 0.25) is 0 Å². The summed E-state index contributed by atoms with van der Waals surface area (Å²) in [5.41, 5.74) is 0.468. The summed E-state index contributed by atoms with van der Waals surface area (Å²) in [7, 11) is 0. The van der Waals surface area contributed by atoms with Crippen LogP contribution in [0.3, 0.4) is 0 Å². The van der Waals surface area contributed by atoms with Crippen LogP contribution in [0, 0.1) is 11.3 Å². The molecule has 0 aromatic heterocycles. The predicted octanol–water partition coefficient (Wildman–Crippen LogP) is 4.10. The minimum absolute atomic E-state index is 0.468. The molecule has 0 aromatic rings. The van der Waals surface area contributed by atoms with E-state index in [1.807, 2.05) is 0 Å². The maximum atomic E-state index is 2.65. The van der Waals surface area contributed by atoms with E-state index in [-0.39, 0.29) is 0 Å². The lowest BCUT2D eigenvalue weighted by atomic mass is 9.85. The van der Waals surface area contributed by atoms with Crippen molar-refractivity contribution in [3.05, 3.63) is 12.2 Å². The number of nitrogens with zero attached hydrogens (tertiary/aromatic N) is 1. The molecule has 0 unspecified atom stereocenters. The van der Waals surface area contributed by atoms with E-state index in [0.29, 0.717) is 5.41 Å². The molecule has 1 fully saturated rings. The van der Waals surface area contributed by atoms with E-state index in [4.69, 9.17) is 0 Å². The van der Waals surface area contributed by atoms with E-state index >= 15 is 0 Å². The molecule has 1 nitrogen and oxygen atoms in total. The highest BCUT2D eigenvalue weighted by molar-refractivity contribution is 4.85. The summed E-state index contributed by atoms with van der Waals surface area (Å²) in [6.07, 6.45) is 9.81. The van der Waals surface area contributed by atoms with Crippen LogP contribution in [0.15, 0.2) is 12.2 Å². The van der Waals surface area contributed by atoms with Gasteiger partial charge in [0.25, 0.3) is 0 Å². The van der Waals surface area contributed by atoms with E-state index in [2.05, 4.69) is 44.7 Å². The number of rotatable bonds is 5. The molecule has 0 spiro atoms. The highest BCUT2D eigenvalue weighted by Gasteiger charge is 2.20. The van der Waals surface area contributed by atoms with Crippen LogP contribution in [0.25, 0.3) is 0 Å². The average Bonchev–Trinajstić information content (AvgIpc) is 2.26. The Bertz CT molecular complexity index is 209. The molecule has 0 N–H and O–H groups in total. The van der Waals surface area contributed by atoms with Crippen molar-refractivity contribution in [1.82, 2.24) is 4.90 Å². The van der Waals surface area contributed by atoms with E-state index in [1.54, 1.807) is 0 Å². The van der Waals surface area contributed by atoms with Crippen molar-refractivity contribution in [2.24, 2.45) is 11.3 Å². The van der Waals surface area contributed by atoms with Gasteiger partial charge in [-0.2, -0.15) is 0 Å². The van der Waals surface area contributed by atoms with Gasteiger partial charge in [0.15, 0.2) is 0 Å². The smallest absolute Gasteiger partial charge is 0.00135 e. The minimum Gasteiger partial charge on any atom is -0.303 e. The Hall–Kier alpha value is -0.300. The topological polar surface area (TPSA) is 3.24 Å². The Labute approximate surface area is 102 Å². The van der Waals surface area contributed by atoms with Crippen molar-refractivity contribution < 1.29 is 0 Å². The van der Waals surface area contributed by atoms with Crippen LogP contribution in [-0.2, 0) is 0 Å². The largest absolute Gasteiger partial charge is 0.303 e. The van der Waals surface area contributed by atoms with Gasteiger partial charge in [-0.15, -0.1) is 0 Å². The lowest BCUT2D eigenvalue weighted by Gasteiger charge is -2.33. The molecule has 1 heterocycles. The van der Waals surface area contributed by atoms with Crippen LogP contribution in [-0.4, -0.2) is 24.5 Å². The number of allylic oxidation sites excluding steroid dienone is 2. The zero-order chi connectivity index (χ0) is 12.0. The second-order valence-electron chi connectivity index (χ2n) is 6.21. The van der Waals surface area contributed by atoms with E-state index in [1.165, 1.54) is 45.3 Å². The van der Waals surface area contributed by atoms with Gasteiger partial charge in [-0.25, -0.2) is 0 Å². The summed E-state index contributed by atoms with van der Waals surface area (Å²) in [6, 6.07) is 0. The molecule has 0 amide bonds. The molecule has 1 aliphatic rings. The fraction of sp³-hybridized carbons (Fsp3) is 0.867. The summed E-state index contributed by atoms with van der Waals surface area (Å²) < 4.78 is 0. The molecule has 0 aromatic carbocycles. The van der Waals surface area contributed by atoms with Gasteiger partial charge in [-0.1, -0.05) is 32.9 Å². The molecule has 1 aliphatic heterocycles. The number of hydrogen-bond donors (Lipinski definition) is 0. The fourth-order valence-electron chi connectivity index (χ4n) is 2.29. The van der Waals surface area contributed by atoms with Gasteiger partial charge in [0.05, 0.1) is 0 Å². The molecule has 0 atom stereocenters. The molecule has 0 bridgehead atoms. The third kappa shape index (κ3) is 5.16. The maximum Gasteiger partial charge on any atom is -0.00135 e. The normalized spacial score (nSPS) is 20.8. The van der Waals surface area contributed by atoms with Gasteiger partial charge < -0.3 is 4.90 Å². The van der Waals surface area contributed by atoms with Crippen molar-refractivity contribution in [2.75, 3.05) is 19.6 Å². The lowest BCUT2D eigenvalue weighted by molar-refractivity contribution is 0.165. The first-order valence-electron chi connectivity index (χ1n) is 6.87. The van der Waals surface area contributed by atoms with Crippen LogP contribution in [0.5, 0.6) is 0 Å². The van der Waals surface area contributed by atoms with Gasteiger partial charge in [-0.3, -0.25) is 0 Å². The Morgan fingerprint density at radius 1 is 1.25 bits per heavy atom. The number of likely N-dealkylation sites (tertiary alicyclic amines) is 1. The molecule has 0 radical (unpaired) electrons. The van der Waals surface area contributed by atoms with Crippen molar-refractivity contribution in [3.8, 4) is 0 Å². The second kappa shape index (κ2) is 6.44. The van der Waals surface area contributed by atoms with E-state index < -0.39 is 0 Å². The van der Waals surface area contributed by atoms with Crippen LogP contribution < -0.4 is 0 Å². The summed E-state index contributed by atoms with van der Waals surface area (Å²) in [5, 5.41) is 0. The Morgan fingerprint density at radius 2 is 1.88 bits per heavy atom. The molecule has 1 saturated heterocycles. The summed E-state index contributed by atoms with van der Waals surface area (Å²) in [4.78, 5) is 2.65. The van der Waals surface area contributed by atoms with Crippen LogP contribution in [0.1, 0.15) is 53.4 Å². The van der Waals surface area contributed by atoms with Gasteiger partial charge in [-0.05, 0) is 63.6 Å². The molecule has 94 valence electrons. The zero-order valence-electron chi connectivity index (χ0n) is 11.6. The molecular formula is C15H29N. The van der Waals surface area contributed by atoms with Gasteiger partial charge >= 0.3 is 0 Å². The SMILES string of the molecule is C/C=C/CC(C)(C)CCN1CCC(C)CC1. The molecule has 0 aliphatic carbocycles. The second-order valence-corrected chi connectivity index (χ2v) is 6.21. The summed E-state index contributed by atoms with van der Waals surface area (Å²) >= 11 is 0.